The minimum atomic E-state index is 1.06. The van der Waals surface area contributed by atoms with E-state index in [1.54, 1.807) is 0 Å². The van der Waals surface area contributed by atoms with Crippen molar-refractivity contribution >= 4 is 5.69 Å². The fourth-order valence-electron chi connectivity index (χ4n) is 1.12. The molecular weight excluding hydrogens is 160 g/mol. The molecule has 0 bridgehead atoms. The highest BCUT2D eigenvalue weighted by Gasteiger charge is 2.15. The second-order valence-electron chi connectivity index (χ2n) is 2.79. The summed E-state index contributed by atoms with van der Waals surface area (Å²) in [6, 6.07) is 11.1. The van der Waals surface area contributed by atoms with Crippen LogP contribution in [-0.2, 0) is 0 Å². The number of anilines is 1. The molecule has 1 fully saturated rings. The Hall–Kier alpha value is -1.02. The van der Waals surface area contributed by atoms with Gasteiger partial charge in [-0.15, -0.1) is 0 Å². The lowest BCUT2D eigenvalue weighted by molar-refractivity contribution is 0.880. The van der Waals surface area contributed by atoms with E-state index in [1.165, 1.54) is 0 Å². The van der Waals surface area contributed by atoms with Crippen molar-refractivity contribution < 1.29 is 0 Å². The van der Waals surface area contributed by atoms with Crippen LogP contribution < -0.4 is 10.9 Å². The van der Waals surface area contributed by atoms with E-state index in [-0.39, 0.29) is 0 Å². The monoisotopic (exact) mass is 171 g/mol. The largest absolute Gasteiger partial charge is 0.321 e. The van der Waals surface area contributed by atoms with Gasteiger partial charge in [-0.2, -0.15) is 0 Å². The van der Waals surface area contributed by atoms with Crippen LogP contribution in [0.1, 0.15) is 0 Å². The minimum absolute atomic E-state index is 1.06. The number of benzene rings is 1. The molecule has 0 unspecified atom stereocenters. The number of hydrazine groups is 1. The maximum atomic E-state index is 3.10. The van der Waals surface area contributed by atoms with Gasteiger partial charge in [0.15, 0.2) is 0 Å². The fourth-order valence-corrected chi connectivity index (χ4v) is 1.12. The van der Waals surface area contributed by atoms with E-state index in [0.29, 0.717) is 0 Å². The first-order chi connectivity index (χ1) is 6.45. The van der Waals surface area contributed by atoms with Gasteiger partial charge in [-0.3, -0.25) is 0 Å². The molecule has 0 saturated heterocycles. The normalized spacial score (nSPS) is 17.5. The summed E-state index contributed by atoms with van der Waals surface area (Å²) in [5.74, 6) is 0. The van der Waals surface area contributed by atoms with Crippen molar-refractivity contribution in [2.45, 2.75) is 0 Å². The Morgan fingerprint density at radius 3 is 2.15 bits per heavy atom. The quantitative estimate of drug-likeness (QED) is 0.679. The molecular formula is C11H11N2. The van der Waals surface area contributed by atoms with E-state index < -0.39 is 0 Å². The van der Waals surface area contributed by atoms with Crippen molar-refractivity contribution in [2.75, 3.05) is 5.43 Å². The number of para-hydroxylation sites is 1. The summed E-state index contributed by atoms with van der Waals surface area (Å²) in [5, 5.41) is 0. The summed E-state index contributed by atoms with van der Waals surface area (Å²) in [6.45, 7) is 0. The molecule has 0 heterocycles. The zero-order chi connectivity index (χ0) is 8.93. The standard InChI is InChI=1S/C11H11N2/c1-2-6-10(7-3-1)12-13-11-8-4-5-9-11/h1-9,12-13H. The van der Waals surface area contributed by atoms with Gasteiger partial charge in [-0.05, 0) is 37.8 Å². The summed E-state index contributed by atoms with van der Waals surface area (Å²) in [6.07, 6.45) is 8.01. The van der Waals surface area contributed by atoms with Crippen molar-refractivity contribution in [1.82, 2.24) is 5.43 Å². The van der Waals surface area contributed by atoms with Crippen LogP contribution in [0, 0.1) is 31.7 Å². The van der Waals surface area contributed by atoms with E-state index in [9.17, 15) is 0 Å². The zero-order valence-corrected chi connectivity index (χ0v) is 7.20. The highest BCUT2D eigenvalue weighted by atomic mass is 15.4. The van der Waals surface area contributed by atoms with Crippen LogP contribution in [0.3, 0.4) is 0 Å². The second-order valence-corrected chi connectivity index (χ2v) is 2.79. The molecule has 0 amide bonds. The number of nitrogens with one attached hydrogen (secondary N) is 2. The van der Waals surface area contributed by atoms with Gasteiger partial charge in [0.25, 0.3) is 0 Å². The third-order valence-electron chi connectivity index (χ3n) is 1.79. The molecule has 2 heteroatoms. The van der Waals surface area contributed by atoms with Crippen molar-refractivity contribution in [2.24, 2.45) is 0 Å². The van der Waals surface area contributed by atoms with Crippen LogP contribution >= 0.6 is 0 Å². The summed E-state index contributed by atoms with van der Waals surface area (Å²) in [7, 11) is 0. The van der Waals surface area contributed by atoms with Crippen LogP contribution in [0.15, 0.2) is 30.3 Å². The van der Waals surface area contributed by atoms with E-state index in [1.807, 2.05) is 56.0 Å². The molecule has 5 radical (unpaired) electrons. The molecule has 0 aliphatic heterocycles. The van der Waals surface area contributed by atoms with E-state index in [0.717, 1.165) is 11.7 Å². The smallest absolute Gasteiger partial charge is 0.0644 e. The number of hydrogen-bond donors (Lipinski definition) is 2. The van der Waals surface area contributed by atoms with Gasteiger partial charge < -0.3 is 5.43 Å². The topological polar surface area (TPSA) is 24.1 Å². The maximum Gasteiger partial charge on any atom is 0.0644 e. The van der Waals surface area contributed by atoms with Gasteiger partial charge in [-0.1, -0.05) is 18.2 Å². The number of hydrogen-bond acceptors (Lipinski definition) is 2. The van der Waals surface area contributed by atoms with Gasteiger partial charge in [0.1, 0.15) is 0 Å². The maximum absolute atomic E-state index is 3.10. The minimum Gasteiger partial charge on any atom is -0.321 e. The van der Waals surface area contributed by atoms with Gasteiger partial charge in [0, 0.05) is 5.69 Å². The Kier molecular flexibility index (Phi) is 2.82. The lowest BCUT2D eigenvalue weighted by Gasteiger charge is -2.12. The summed E-state index contributed by atoms with van der Waals surface area (Å²) in [4.78, 5) is 0. The van der Waals surface area contributed by atoms with E-state index in [4.69, 9.17) is 0 Å². The lowest BCUT2D eigenvalue weighted by atomic mass is 10.3. The van der Waals surface area contributed by atoms with Crippen LogP contribution in [0.4, 0.5) is 5.69 Å². The summed E-state index contributed by atoms with van der Waals surface area (Å²) < 4.78 is 0. The van der Waals surface area contributed by atoms with Gasteiger partial charge in [0.2, 0.25) is 0 Å². The average molecular weight is 171 g/mol. The molecule has 0 atom stereocenters. The van der Waals surface area contributed by atoms with Gasteiger partial charge >= 0.3 is 0 Å². The molecule has 1 saturated carbocycles. The van der Waals surface area contributed by atoms with Crippen molar-refractivity contribution in [3.8, 4) is 0 Å². The Labute approximate surface area is 79.3 Å². The molecule has 0 aromatic heterocycles. The van der Waals surface area contributed by atoms with E-state index in [2.05, 4.69) is 10.9 Å². The SMILES string of the molecule is [CH]1[CH][CH][C](NNc2ccccc2)[CH]1. The predicted molar refractivity (Wildman–Crippen MR) is 53.6 cm³/mol. The third kappa shape index (κ3) is 2.46. The average Bonchev–Trinajstić information content (AvgIpc) is 2.69. The highest BCUT2D eigenvalue weighted by Crippen LogP contribution is 2.19. The molecule has 2 N–H and O–H groups in total. The number of rotatable bonds is 3. The van der Waals surface area contributed by atoms with Crippen molar-refractivity contribution in [3.63, 3.8) is 0 Å². The van der Waals surface area contributed by atoms with Gasteiger partial charge in [-0.25, -0.2) is 5.43 Å². The first kappa shape index (κ1) is 8.57. The molecule has 1 aromatic rings. The van der Waals surface area contributed by atoms with Crippen LogP contribution in [0.5, 0.6) is 0 Å². The van der Waals surface area contributed by atoms with E-state index >= 15 is 0 Å². The first-order valence-corrected chi connectivity index (χ1v) is 4.24. The zero-order valence-electron chi connectivity index (χ0n) is 7.20. The molecule has 1 aliphatic carbocycles. The molecule has 1 aliphatic rings. The van der Waals surface area contributed by atoms with Crippen molar-refractivity contribution in [3.05, 3.63) is 62.1 Å². The third-order valence-corrected chi connectivity index (χ3v) is 1.79. The lowest BCUT2D eigenvalue weighted by Crippen LogP contribution is -2.25. The molecule has 13 heavy (non-hydrogen) atoms. The van der Waals surface area contributed by atoms with Crippen LogP contribution in [-0.4, -0.2) is 0 Å². The molecule has 0 spiro atoms. The Morgan fingerprint density at radius 1 is 0.769 bits per heavy atom. The molecule has 2 rings (SSSR count). The molecule has 1 aromatic carbocycles. The molecule has 2 nitrogen and oxygen atoms in total. The van der Waals surface area contributed by atoms with Gasteiger partial charge in [0.05, 0.1) is 6.04 Å². The Balaban J connectivity index is 1.79. The summed E-state index contributed by atoms with van der Waals surface area (Å²) in [5.41, 5.74) is 7.25. The Morgan fingerprint density at radius 2 is 1.46 bits per heavy atom. The first-order valence-electron chi connectivity index (χ1n) is 4.24. The highest BCUT2D eigenvalue weighted by molar-refractivity contribution is 5.43. The second kappa shape index (κ2) is 4.28. The summed E-state index contributed by atoms with van der Waals surface area (Å²) >= 11 is 0. The molecule has 65 valence electrons. The Bertz CT molecular complexity index is 240. The van der Waals surface area contributed by atoms with Crippen LogP contribution in [0.2, 0.25) is 0 Å². The fraction of sp³-hybridized carbons (Fsp3) is 0. The van der Waals surface area contributed by atoms with Crippen molar-refractivity contribution in [1.29, 1.82) is 0 Å². The van der Waals surface area contributed by atoms with Crippen LogP contribution in [0.25, 0.3) is 0 Å². The predicted octanol–water partition coefficient (Wildman–Crippen LogP) is 1.97.